The Morgan fingerprint density at radius 1 is 1.11 bits per heavy atom. The highest BCUT2D eigenvalue weighted by Gasteiger charge is 2.07. The van der Waals surface area contributed by atoms with Gasteiger partial charge in [-0.2, -0.15) is 0 Å². The summed E-state index contributed by atoms with van der Waals surface area (Å²) in [5, 5.41) is 0. The zero-order valence-electron chi connectivity index (χ0n) is 12.0. The monoisotopic (exact) mass is 244 g/mol. The first kappa shape index (κ1) is 15.0. The molecule has 0 heteroatoms. The molecule has 0 atom stereocenters. The fourth-order valence-corrected chi connectivity index (χ4v) is 2.40. The van der Waals surface area contributed by atoms with E-state index in [2.05, 4.69) is 38.3 Å². The number of allylic oxidation sites excluding steroid dienone is 6. The summed E-state index contributed by atoms with van der Waals surface area (Å²) in [4.78, 5) is 0. The van der Waals surface area contributed by atoms with Crippen molar-refractivity contribution in [2.45, 2.75) is 64.7 Å². The molecule has 0 radical (unpaired) electrons. The molecular formula is C18H28. The molecule has 0 aromatic heterocycles. The molecule has 0 N–H and O–H groups in total. The normalized spacial score (nSPS) is 14.7. The molecule has 0 nitrogen and oxygen atoms in total. The molecule has 0 aromatic rings. The molecule has 0 aliphatic heterocycles. The van der Waals surface area contributed by atoms with Gasteiger partial charge in [-0.05, 0) is 36.0 Å². The van der Waals surface area contributed by atoms with Crippen molar-refractivity contribution < 1.29 is 0 Å². The first-order valence-corrected chi connectivity index (χ1v) is 7.48. The molecule has 100 valence electrons. The van der Waals surface area contributed by atoms with E-state index >= 15 is 0 Å². The average molecular weight is 244 g/mol. The molecule has 0 spiro atoms. The van der Waals surface area contributed by atoms with E-state index in [1.165, 1.54) is 61.7 Å². The van der Waals surface area contributed by atoms with Crippen molar-refractivity contribution in [1.82, 2.24) is 0 Å². The lowest BCUT2D eigenvalue weighted by Gasteiger charge is -2.14. The molecule has 0 amide bonds. The van der Waals surface area contributed by atoms with Crippen LogP contribution in [0.4, 0.5) is 0 Å². The Bertz CT molecular complexity index is 328. The summed E-state index contributed by atoms with van der Waals surface area (Å²) in [5.41, 5.74) is 3.80. The number of unbranched alkanes of at least 4 members (excludes halogenated alkanes) is 6. The summed E-state index contributed by atoms with van der Waals surface area (Å²) in [6.07, 6.45) is 18.1. The van der Waals surface area contributed by atoms with Crippen LogP contribution in [0.5, 0.6) is 0 Å². The molecule has 18 heavy (non-hydrogen) atoms. The highest BCUT2D eigenvalue weighted by molar-refractivity contribution is 5.49. The SMILES string of the molecule is C=C1CC=CC=C1C(=C)CCCCCCCCC. The van der Waals surface area contributed by atoms with Gasteiger partial charge in [-0.15, -0.1) is 0 Å². The van der Waals surface area contributed by atoms with E-state index in [4.69, 9.17) is 0 Å². The number of hydrogen-bond donors (Lipinski definition) is 0. The molecule has 0 aromatic carbocycles. The predicted octanol–water partition coefficient (Wildman–Crippen LogP) is 6.13. The lowest BCUT2D eigenvalue weighted by molar-refractivity contribution is 0.589. The minimum absolute atomic E-state index is 0.988. The molecule has 1 aliphatic rings. The minimum atomic E-state index is 0.988. The first-order valence-electron chi connectivity index (χ1n) is 7.48. The maximum Gasteiger partial charge on any atom is -0.00942 e. The molecule has 0 bridgehead atoms. The van der Waals surface area contributed by atoms with E-state index in [0.717, 1.165) is 12.8 Å². The number of hydrogen-bond acceptors (Lipinski definition) is 0. The Kier molecular flexibility index (Phi) is 7.48. The second-order valence-electron chi connectivity index (χ2n) is 5.29. The molecule has 1 aliphatic carbocycles. The van der Waals surface area contributed by atoms with Crippen molar-refractivity contribution in [3.63, 3.8) is 0 Å². The van der Waals surface area contributed by atoms with Gasteiger partial charge >= 0.3 is 0 Å². The fraction of sp³-hybridized carbons (Fsp3) is 0.556. The summed E-state index contributed by atoms with van der Waals surface area (Å²) in [7, 11) is 0. The van der Waals surface area contributed by atoms with Crippen LogP contribution >= 0.6 is 0 Å². The highest BCUT2D eigenvalue weighted by Crippen LogP contribution is 2.27. The van der Waals surface area contributed by atoms with Gasteiger partial charge in [-0.1, -0.05) is 76.8 Å². The third-order valence-corrected chi connectivity index (χ3v) is 3.61. The Morgan fingerprint density at radius 3 is 2.44 bits per heavy atom. The van der Waals surface area contributed by atoms with Crippen molar-refractivity contribution in [2.75, 3.05) is 0 Å². The van der Waals surface area contributed by atoms with Gasteiger partial charge in [-0.3, -0.25) is 0 Å². The second-order valence-corrected chi connectivity index (χ2v) is 5.29. The van der Waals surface area contributed by atoms with Crippen LogP contribution in [0.3, 0.4) is 0 Å². The summed E-state index contributed by atoms with van der Waals surface area (Å²) >= 11 is 0. The van der Waals surface area contributed by atoms with Crippen LogP contribution in [-0.4, -0.2) is 0 Å². The van der Waals surface area contributed by atoms with Crippen molar-refractivity contribution in [3.8, 4) is 0 Å². The van der Waals surface area contributed by atoms with E-state index in [1.807, 2.05) is 0 Å². The van der Waals surface area contributed by atoms with Crippen LogP contribution in [-0.2, 0) is 0 Å². The van der Waals surface area contributed by atoms with Gasteiger partial charge in [0.05, 0.1) is 0 Å². The third kappa shape index (κ3) is 5.53. The van der Waals surface area contributed by atoms with E-state index in [9.17, 15) is 0 Å². The van der Waals surface area contributed by atoms with Gasteiger partial charge in [0.2, 0.25) is 0 Å². The van der Waals surface area contributed by atoms with Crippen LogP contribution in [0.1, 0.15) is 64.7 Å². The van der Waals surface area contributed by atoms with Crippen molar-refractivity contribution in [2.24, 2.45) is 0 Å². The van der Waals surface area contributed by atoms with Crippen LogP contribution in [0.15, 0.2) is 48.1 Å². The standard InChI is InChI=1S/C18H28/c1-4-5-6-7-8-9-10-13-16(2)18-15-12-11-14-17(18)3/h11-12,15H,2-10,13-14H2,1H3. The summed E-state index contributed by atoms with van der Waals surface area (Å²) in [6, 6.07) is 0. The third-order valence-electron chi connectivity index (χ3n) is 3.61. The molecule has 0 heterocycles. The summed E-state index contributed by atoms with van der Waals surface area (Å²) in [6.45, 7) is 10.6. The summed E-state index contributed by atoms with van der Waals surface area (Å²) in [5.74, 6) is 0. The second kappa shape index (κ2) is 8.97. The maximum atomic E-state index is 4.21. The van der Waals surface area contributed by atoms with E-state index in [-0.39, 0.29) is 0 Å². The highest BCUT2D eigenvalue weighted by atomic mass is 14.1. The maximum absolute atomic E-state index is 4.21. The Morgan fingerprint density at radius 2 is 1.78 bits per heavy atom. The minimum Gasteiger partial charge on any atom is -0.0952 e. The lowest BCUT2D eigenvalue weighted by Crippen LogP contribution is -1.95. The zero-order valence-corrected chi connectivity index (χ0v) is 12.0. The molecule has 0 saturated carbocycles. The van der Waals surface area contributed by atoms with Gasteiger partial charge in [0.15, 0.2) is 0 Å². The number of rotatable bonds is 9. The van der Waals surface area contributed by atoms with Crippen LogP contribution < -0.4 is 0 Å². The van der Waals surface area contributed by atoms with Gasteiger partial charge in [-0.25, -0.2) is 0 Å². The lowest BCUT2D eigenvalue weighted by atomic mass is 9.91. The van der Waals surface area contributed by atoms with E-state index < -0.39 is 0 Å². The predicted molar refractivity (Wildman–Crippen MR) is 82.7 cm³/mol. The molecule has 1 rings (SSSR count). The largest absolute Gasteiger partial charge is 0.0952 e. The smallest absolute Gasteiger partial charge is 0.00942 e. The topological polar surface area (TPSA) is 0 Å². The van der Waals surface area contributed by atoms with Crippen LogP contribution in [0.2, 0.25) is 0 Å². The van der Waals surface area contributed by atoms with Gasteiger partial charge in [0.25, 0.3) is 0 Å². The van der Waals surface area contributed by atoms with Gasteiger partial charge in [0, 0.05) is 0 Å². The van der Waals surface area contributed by atoms with Crippen molar-refractivity contribution in [1.29, 1.82) is 0 Å². The van der Waals surface area contributed by atoms with E-state index in [0.29, 0.717) is 0 Å². The molecule has 0 unspecified atom stereocenters. The van der Waals surface area contributed by atoms with E-state index in [1.54, 1.807) is 0 Å². The quantitative estimate of drug-likeness (QED) is 0.428. The fourth-order valence-electron chi connectivity index (χ4n) is 2.40. The van der Waals surface area contributed by atoms with Crippen LogP contribution in [0.25, 0.3) is 0 Å². The van der Waals surface area contributed by atoms with Crippen molar-refractivity contribution >= 4 is 0 Å². The molecule has 0 fully saturated rings. The Balaban J connectivity index is 2.12. The van der Waals surface area contributed by atoms with Crippen molar-refractivity contribution in [3.05, 3.63) is 48.1 Å². The molecular weight excluding hydrogens is 216 g/mol. The average Bonchev–Trinajstić information content (AvgIpc) is 2.38. The first-order chi connectivity index (χ1) is 8.75. The van der Waals surface area contributed by atoms with Crippen LogP contribution in [0, 0.1) is 0 Å². The molecule has 0 saturated heterocycles. The summed E-state index contributed by atoms with van der Waals surface area (Å²) < 4.78 is 0. The Labute approximate surface area is 113 Å². The zero-order chi connectivity index (χ0) is 13.2. The Hall–Kier alpha value is -1.04. The van der Waals surface area contributed by atoms with Gasteiger partial charge < -0.3 is 0 Å². The van der Waals surface area contributed by atoms with Gasteiger partial charge in [0.1, 0.15) is 0 Å².